The zero-order chi connectivity index (χ0) is 13.0. The largest absolute Gasteiger partial charge is 0.342 e. The molecule has 0 aromatic heterocycles. The molecular formula is C15H28N2O. The van der Waals surface area contributed by atoms with Gasteiger partial charge >= 0.3 is 0 Å². The highest BCUT2D eigenvalue weighted by Crippen LogP contribution is 2.26. The zero-order valence-electron chi connectivity index (χ0n) is 12.0. The van der Waals surface area contributed by atoms with E-state index in [-0.39, 0.29) is 0 Å². The molecule has 2 saturated heterocycles. The van der Waals surface area contributed by atoms with Crippen LogP contribution in [-0.4, -0.2) is 37.0 Å². The molecule has 0 aromatic carbocycles. The number of likely N-dealkylation sites (tertiary alicyclic amines) is 1. The Hall–Kier alpha value is -0.570. The molecule has 0 bridgehead atoms. The van der Waals surface area contributed by atoms with E-state index in [1.54, 1.807) is 0 Å². The predicted octanol–water partition coefficient (Wildman–Crippen LogP) is 2.27. The highest BCUT2D eigenvalue weighted by Gasteiger charge is 2.26. The van der Waals surface area contributed by atoms with E-state index in [0.29, 0.717) is 5.91 Å². The molecular weight excluding hydrogens is 224 g/mol. The first-order valence-electron chi connectivity index (χ1n) is 7.65. The van der Waals surface area contributed by atoms with Crippen LogP contribution in [0.1, 0.15) is 46.0 Å². The highest BCUT2D eigenvalue weighted by atomic mass is 16.2. The van der Waals surface area contributed by atoms with E-state index in [1.807, 2.05) is 0 Å². The minimum absolute atomic E-state index is 0.400. The maximum absolute atomic E-state index is 12.2. The van der Waals surface area contributed by atoms with E-state index >= 15 is 0 Å². The van der Waals surface area contributed by atoms with Gasteiger partial charge in [-0.1, -0.05) is 13.8 Å². The molecule has 104 valence electrons. The molecule has 0 aromatic rings. The second-order valence-corrected chi connectivity index (χ2v) is 6.36. The van der Waals surface area contributed by atoms with Crippen molar-refractivity contribution in [1.29, 1.82) is 0 Å². The van der Waals surface area contributed by atoms with Crippen molar-refractivity contribution in [3.05, 3.63) is 0 Å². The van der Waals surface area contributed by atoms with Crippen LogP contribution in [0.25, 0.3) is 0 Å². The number of nitrogens with zero attached hydrogens (tertiary/aromatic N) is 1. The SMILES string of the molecule is CC(C)C1CCC(=O)N(CC2CCNCC2)CC1. The summed E-state index contributed by atoms with van der Waals surface area (Å²) in [5.41, 5.74) is 0. The molecule has 2 rings (SSSR count). The smallest absolute Gasteiger partial charge is 0.222 e. The minimum atomic E-state index is 0.400. The fourth-order valence-corrected chi connectivity index (χ4v) is 3.29. The van der Waals surface area contributed by atoms with Crippen LogP contribution in [0.4, 0.5) is 0 Å². The summed E-state index contributed by atoms with van der Waals surface area (Å²) >= 11 is 0. The van der Waals surface area contributed by atoms with Gasteiger partial charge in [-0.05, 0) is 56.5 Å². The third-order valence-corrected chi connectivity index (χ3v) is 4.73. The Morgan fingerprint density at radius 2 is 1.94 bits per heavy atom. The molecule has 1 atom stereocenters. The summed E-state index contributed by atoms with van der Waals surface area (Å²) in [6, 6.07) is 0. The zero-order valence-corrected chi connectivity index (χ0v) is 12.0. The first-order valence-corrected chi connectivity index (χ1v) is 7.65. The molecule has 1 N–H and O–H groups in total. The Labute approximate surface area is 111 Å². The molecule has 0 radical (unpaired) electrons. The molecule has 2 fully saturated rings. The molecule has 2 aliphatic heterocycles. The fourth-order valence-electron chi connectivity index (χ4n) is 3.29. The molecule has 0 spiro atoms. The Kier molecular flexibility index (Phi) is 5.04. The molecule has 0 aliphatic carbocycles. The predicted molar refractivity (Wildman–Crippen MR) is 74.4 cm³/mol. The lowest BCUT2D eigenvalue weighted by Gasteiger charge is -2.29. The van der Waals surface area contributed by atoms with Crippen molar-refractivity contribution in [2.45, 2.75) is 46.0 Å². The molecule has 2 heterocycles. The summed E-state index contributed by atoms with van der Waals surface area (Å²) < 4.78 is 0. The topological polar surface area (TPSA) is 32.3 Å². The second kappa shape index (κ2) is 6.55. The summed E-state index contributed by atoms with van der Waals surface area (Å²) in [6.45, 7) is 8.83. The van der Waals surface area contributed by atoms with Gasteiger partial charge in [0.15, 0.2) is 0 Å². The van der Waals surface area contributed by atoms with Crippen LogP contribution in [0.2, 0.25) is 0 Å². The number of nitrogens with one attached hydrogen (secondary N) is 1. The Morgan fingerprint density at radius 1 is 1.22 bits per heavy atom. The second-order valence-electron chi connectivity index (χ2n) is 6.36. The van der Waals surface area contributed by atoms with Gasteiger partial charge in [-0.15, -0.1) is 0 Å². The average Bonchev–Trinajstić information content (AvgIpc) is 2.54. The van der Waals surface area contributed by atoms with Crippen LogP contribution in [0, 0.1) is 17.8 Å². The normalized spacial score (nSPS) is 27.6. The van der Waals surface area contributed by atoms with Gasteiger partial charge in [0.05, 0.1) is 0 Å². The Bertz CT molecular complexity index is 272. The summed E-state index contributed by atoms with van der Waals surface area (Å²) in [6.07, 6.45) is 5.54. The van der Waals surface area contributed by atoms with E-state index in [2.05, 4.69) is 24.1 Å². The minimum Gasteiger partial charge on any atom is -0.342 e. The standard InChI is InChI=1S/C15H28N2O/c1-12(2)14-3-4-15(18)17(10-7-14)11-13-5-8-16-9-6-13/h12-14,16H,3-11H2,1-2H3. The van der Waals surface area contributed by atoms with Crippen molar-refractivity contribution in [2.24, 2.45) is 17.8 Å². The number of rotatable bonds is 3. The lowest BCUT2D eigenvalue weighted by molar-refractivity contribution is -0.131. The third-order valence-electron chi connectivity index (χ3n) is 4.73. The van der Waals surface area contributed by atoms with Gasteiger partial charge < -0.3 is 10.2 Å². The van der Waals surface area contributed by atoms with E-state index in [9.17, 15) is 4.79 Å². The van der Waals surface area contributed by atoms with Gasteiger partial charge in [0.25, 0.3) is 0 Å². The Balaban J connectivity index is 1.85. The first-order chi connectivity index (χ1) is 8.66. The monoisotopic (exact) mass is 252 g/mol. The molecule has 1 amide bonds. The third kappa shape index (κ3) is 3.71. The lowest BCUT2D eigenvalue weighted by Crippen LogP contribution is -2.39. The van der Waals surface area contributed by atoms with Gasteiger partial charge in [-0.25, -0.2) is 0 Å². The van der Waals surface area contributed by atoms with Crippen molar-refractivity contribution in [1.82, 2.24) is 10.2 Å². The van der Waals surface area contributed by atoms with Crippen molar-refractivity contribution in [3.63, 3.8) is 0 Å². The summed E-state index contributed by atoms with van der Waals surface area (Å²) in [4.78, 5) is 14.3. The maximum atomic E-state index is 12.2. The number of hydrogen-bond acceptors (Lipinski definition) is 2. The highest BCUT2D eigenvalue weighted by molar-refractivity contribution is 5.76. The van der Waals surface area contributed by atoms with Crippen LogP contribution in [0.15, 0.2) is 0 Å². The average molecular weight is 252 g/mol. The van der Waals surface area contributed by atoms with Gasteiger partial charge in [0.1, 0.15) is 0 Å². The molecule has 18 heavy (non-hydrogen) atoms. The van der Waals surface area contributed by atoms with Gasteiger partial charge in [-0.3, -0.25) is 4.79 Å². The van der Waals surface area contributed by atoms with E-state index in [4.69, 9.17) is 0 Å². The van der Waals surface area contributed by atoms with Crippen LogP contribution in [-0.2, 0) is 4.79 Å². The van der Waals surface area contributed by atoms with Crippen molar-refractivity contribution in [3.8, 4) is 0 Å². The summed E-state index contributed by atoms with van der Waals surface area (Å²) in [7, 11) is 0. The number of amides is 1. The number of piperidine rings is 1. The van der Waals surface area contributed by atoms with E-state index in [1.165, 1.54) is 19.3 Å². The summed E-state index contributed by atoms with van der Waals surface area (Å²) in [5.74, 6) is 2.59. The first kappa shape index (κ1) is 13.9. The van der Waals surface area contributed by atoms with Gasteiger partial charge in [-0.2, -0.15) is 0 Å². The molecule has 3 nitrogen and oxygen atoms in total. The van der Waals surface area contributed by atoms with Crippen LogP contribution >= 0.6 is 0 Å². The van der Waals surface area contributed by atoms with Gasteiger partial charge in [0, 0.05) is 19.5 Å². The number of hydrogen-bond donors (Lipinski definition) is 1. The van der Waals surface area contributed by atoms with Crippen LogP contribution < -0.4 is 5.32 Å². The fraction of sp³-hybridized carbons (Fsp3) is 0.933. The van der Waals surface area contributed by atoms with Crippen molar-refractivity contribution >= 4 is 5.91 Å². The number of carbonyl (C=O) groups is 1. The Morgan fingerprint density at radius 3 is 2.61 bits per heavy atom. The van der Waals surface area contributed by atoms with E-state index < -0.39 is 0 Å². The molecule has 0 saturated carbocycles. The lowest BCUT2D eigenvalue weighted by atomic mass is 9.89. The molecule has 1 unspecified atom stereocenters. The quantitative estimate of drug-likeness (QED) is 0.835. The number of carbonyl (C=O) groups excluding carboxylic acids is 1. The molecule has 3 heteroatoms. The van der Waals surface area contributed by atoms with Crippen LogP contribution in [0.3, 0.4) is 0 Å². The van der Waals surface area contributed by atoms with Gasteiger partial charge in [0.2, 0.25) is 5.91 Å². The van der Waals surface area contributed by atoms with E-state index in [0.717, 1.165) is 56.8 Å². The van der Waals surface area contributed by atoms with Crippen molar-refractivity contribution < 1.29 is 4.79 Å². The molecule has 2 aliphatic rings. The van der Waals surface area contributed by atoms with Crippen molar-refractivity contribution in [2.75, 3.05) is 26.2 Å². The summed E-state index contributed by atoms with van der Waals surface area (Å²) in [5, 5.41) is 3.39. The maximum Gasteiger partial charge on any atom is 0.222 e. The van der Waals surface area contributed by atoms with Crippen LogP contribution in [0.5, 0.6) is 0 Å².